The Hall–Kier alpha value is -2.01. The summed E-state index contributed by atoms with van der Waals surface area (Å²) in [6, 6.07) is 11.2. The molecule has 4 aliphatic rings. The molecule has 1 N–H and O–H groups in total. The Morgan fingerprint density at radius 1 is 1.06 bits per heavy atom. The van der Waals surface area contributed by atoms with Crippen molar-refractivity contribution in [1.29, 1.82) is 0 Å². The summed E-state index contributed by atoms with van der Waals surface area (Å²) in [6.07, 6.45) is 11.2. The molecule has 1 aliphatic heterocycles. The van der Waals surface area contributed by atoms with Gasteiger partial charge in [0.15, 0.2) is 0 Å². The van der Waals surface area contributed by atoms with Crippen LogP contribution in [-0.4, -0.2) is 65.1 Å². The minimum absolute atomic E-state index is 0.0251. The van der Waals surface area contributed by atoms with Crippen LogP contribution in [0, 0.1) is 11.3 Å². The number of aliphatic hydroxyl groups excluding tert-OH is 1. The summed E-state index contributed by atoms with van der Waals surface area (Å²) in [5.74, 6) is 1.19. The van der Waals surface area contributed by atoms with Gasteiger partial charge in [-0.25, -0.2) is 4.79 Å². The third-order valence-electron chi connectivity index (χ3n) is 9.92. The first kappa shape index (κ1) is 24.7. The third kappa shape index (κ3) is 4.28. The van der Waals surface area contributed by atoms with E-state index in [0.717, 1.165) is 51.6 Å². The van der Waals surface area contributed by atoms with E-state index < -0.39 is 5.41 Å². The van der Waals surface area contributed by atoms with Crippen molar-refractivity contribution in [1.82, 2.24) is 14.7 Å². The largest absolute Gasteiger partial charge is 0.512 e. The van der Waals surface area contributed by atoms with E-state index in [9.17, 15) is 9.90 Å². The Morgan fingerprint density at radius 3 is 2.23 bits per heavy atom. The molecule has 0 radical (unpaired) electrons. The highest BCUT2D eigenvalue weighted by Crippen LogP contribution is 2.50. The monoisotopic (exact) mass is 479 g/mol. The van der Waals surface area contributed by atoms with Crippen LogP contribution >= 0.6 is 0 Å². The Kier molecular flexibility index (Phi) is 6.44. The van der Waals surface area contributed by atoms with Crippen LogP contribution in [0.4, 0.5) is 4.79 Å². The number of hydrogen-bond acceptors (Lipinski definition) is 3. The van der Waals surface area contributed by atoms with Gasteiger partial charge >= 0.3 is 6.03 Å². The number of nitrogens with zero attached hydrogens (tertiary/aromatic N) is 3. The maximum absolute atomic E-state index is 13.9. The predicted octanol–water partition coefficient (Wildman–Crippen LogP) is 6.32. The van der Waals surface area contributed by atoms with E-state index in [1.165, 1.54) is 36.8 Å². The number of carbonyl (C=O) groups is 1. The molecule has 4 fully saturated rings. The summed E-state index contributed by atoms with van der Waals surface area (Å²) >= 11 is 0. The van der Waals surface area contributed by atoms with E-state index >= 15 is 0 Å². The number of allylic oxidation sites excluding steroid dienone is 1. The molecule has 5 rings (SSSR count). The standard InChI is InChI=1S/C30H45N3O2/c1-28(2,26(34)24-12-9-13-24)21-32-22-29(33(27(32)35)20-23-10-8-11-23)16-18-30(19-17-29,31(3)4)25-14-6-5-7-15-25/h5-7,14-15,23,34H,8-13,16-22H2,1-4H3. The summed E-state index contributed by atoms with van der Waals surface area (Å²) < 4.78 is 0. The molecule has 1 spiro atoms. The molecule has 1 aromatic rings. The van der Waals surface area contributed by atoms with Crippen LogP contribution in [-0.2, 0) is 5.54 Å². The molecule has 3 aliphatic carbocycles. The van der Waals surface area contributed by atoms with Gasteiger partial charge < -0.3 is 14.9 Å². The minimum atomic E-state index is -0.398. The molecule has 0 aromatic heterocycles. The first-order valence-corrected chi connectivity index (χ1v) is 13.9. The van der Waals surface area contributed by atoms with Crippen molar-refractivity contribution < 1.29 is 9.90 Å². The lowest BCUT2D eigenvalue weighted by atomic mass is 9.68. The molecular weight excluding hydrogens is 434 g/mol. The predicted molar refractivity (Wildman–Crippen MR) is 141 cm³/mol. The first-order valence-electron chi connectivity index (χ1n) is 13.9. The van der Waals surface area contributed by atoms with Crippen molar-refractivity contribution in [3.63, 3.8) is 0 Å². The first-order chi connectivity index (χ1) is 16.7. The summed E-state index contributed by atoms with van der Waals surface area (Å²) in [7, 11) is 4.42. The average Bonchev–Trinajstić information content (AvgIpc) is 3.00. The van der Waals surface area contributed by atoms with Crippen LogP contribution in [0.2, 0.25) is 0 Å². The molecule has 3 saturated carbocycles. The highest BCUT2D eigenvalue weighted by Gasteiger charge is 2.55. The zero-order chi connectivity index (χ0) is 24.8. The van der Waals surface area contributed by atoms with Crippen LogP contribution in [0.25, 0.3) is 0 Å². The maximum atomic E-state index is 13.9. The van der Waals surface area contributed by atoms with E-state index in [1.54, 1.807) is 0 Å². The molecular formula is C30H45N3O2. The zero-order valence-corrected chi connectivity index (χ0v) is 22.4. The van der Waals surface area contributed by atoms with Crippen LogP contribution < -0.4 is 0 Å². The van der Waals surface area contributed by atoms with Gasteiger partial charge in [0.25, 0.3) is 0 Å². The number of rotatable bonds is 7. The highest BCUT2D eigenvalue weighted by molar-refractivity contribution is 5.78. The van der Waals surface area contributed by atoms with Crippen molar-refractivity contribution in [2.45, 2.75) is 89.1 Å². The van der Waals surface area contributed by atoms with Gasteiger partial charge in [-0.05, 0) is 88.9 Å². The summed E-state index contributed by atoms with van der Waals surface area (Å²) in [5.41, 5.74) is 2.13. The van der Waals surface area contributed by atoms with E-state index in [1.807, 2.05) is 0 Å². The van der Waals surface area contributed by atoms with Gasteiger partial charge in [0.2, 0.25) is 0 Å². The second kappa shape index (κ2) is 9.14. The zero-order valence-electron chi connectivity index (χ0n) is 22.4. The second-order valence-electron chi connectivity index (χ2n) is 12.8. The third-order valence-corrected chi connectivity index (χ3v) is 9.92. The Bertz CT molecular complexity index is 949. The molecule has 0 bridgehead atoms. The van der Waals surface area contributed by atoms with Crippen molar-refractivity contribution >= 4 is 6.03 Å². The van der Waals surface area contributed by atoms with Gasteiger partial charge in [0.05, 0.1) is 11.3 Å². The smallest absolute Gasteiger partial charge is 0.320 e. The lowest BCUT2D eigenvalue weighted by Crippen LogP contribution is -2.56. The van der Waals surface area contributed by atoms with Crippen LogP contribution in [0.5, 0.6) is 0 Å². The molecule has 0 atom stereocenters. The Morgan fingerprint density at radius 2 is 1.71 bits per heavy atom. The van der Waals surface area contributed by atoms with Crippen molar-refractivity contribution in [2.75, 3.05) is 33.7 Å². The molecule has 5 heteroatoms. The van der Waals surface area contributed by atoms with Gasteiger partial charge in [0, 0.05) is 30.6 Å². The summed E-state index contributed by atoms with van der Waals surface area (Å²) in [5, 5.41) is 11.0. The van der Waals surface area contributed by atoms with Crippen LogP contribution in [0.3, 0.4) is 0 Å². The lowest BCUT2D eigenvalue weighted by Gasteiger charge is -2.51. The van der Waals surface area contributed by atoms with E-state index in [4.69, 9.17) is 0 Å². The molecule has 1 saturated heterocycles. The normalized spacial score (nSPS) is 29.6. The fourth-order valence-electron chi connectivity index (χ4n) is 7.13. The SMILES string of the molecule is CN(C)C1(c2ccccc2)CCC2(CC1)CN(CC(C)(C)C(O)=C1CCC1)C(=O)N2CC1CCC1. The topological polar surface area (TPSA) is 47.0 Å². The molecule has 2 amide bonds. The fraction of sp³-hybridized carbons (Fsp3) is 0.700. The molecule has 35 heavy (non-hydrogen) atoms. The minimum Gasteiger partial charge on any atom is -0.512 e. The average molecular weight is 480 g/mol. The molecule has 0 unspecified atom stereocenters. The van der Waals surface area contributed by atoms with Gasteiger partial charge in [-0.3, -0.25) is 4.90 Å². The van der Waals surface area contributed by atoms with Crippen molar-refractivity contribution in [3.05, 3.63) is 47.2 Å². The fourth-order valence-corrected chi connectivity index (χ4v) is 7.13. The van der Waals surface area contributed by atoms with Crippen LogP contribution in [0.1, 0.15) is 83.6 Å². The quantitative estimate of drug-likeness (QED) is 0.466. The van der Waals surface area contributed by atoms with Crippen molar-refractivity contribution in [3.8, 4) is 0 Å². The molecule has 1 heterocycles. The molecule has 5 nitrogen and oxygen atoms in total. The van der Waals surface area contributed by atoms with Gasteiger partial charge in [0.1, 0.15) is 0 Å². The highest BCUT2D eigenvalue weighted by atomic mass is 16.3. The number of amides is 2. The second-order valence-corrected chi connectivity index (χ2v) is 12.8. The number of benzene rings is 1. The van der Waals surface area contributed by atoms with E-state index in [2.05, 4.69) is 73.0 Å². The van der Waals surface area contributed by atoms with Gasteiger partial charge in [-0.2, -0.15) is 0 Å². The number of carbonyl (C=O) groups excluding carboxylic acids is 1. The maximum Gasteiger partial charge on any atom is 0.320 e. The number of hydrogen-bond donors (Lipinski definition) is 1. The number of aliphatic hydroxyl groups is 1. The number of urea groups is 1. The lowest BCUT2D eigenvalue weighted by molar-refractivity contribution is 0.0156. The summed E-state index contributed by atoms with van der Waals surface area (Å²) in [6.45, 7) is 6.51. The van der Waals surface area contributed by atoms with Crippen molar-refractivity contribution in [2.24, 2.45) is 11.3 Å². The molecule has 192 valence electrons. The van der Waals surface area contributed by atoms with Gasteiger partial charge in [-0.1, -0.05) is 50.6 Å². The Labute approximate surface area is 212 Å². The van der Waals surface area contributed by atoms with Gasteiger partial charge in [-0.15, -0.1) is 0 Å². The van der Waals surface area contributed by atoms with Crippen LogP contribution in [0.15, 0.2) is 41.7 Å². The van der Waals surface area contributed by atoms with E-state index in [-0.39, 0.29) is 17.1 Å². The van der Waals surface area contributed by atoms with E-state index in [0.29, 0.717) is 18.2 Å². The Balaban J connectivity index is 1.39. The summed E-state index contributed by atoms with van der Waals surface area (Å²) in [4.78, 5) is 20.7. The molecule has 1 aromatic carbocycles.